The molecule has 0 bridgehead atoms. The van der Waals surface area contributed by atoms with E-state index < -0.39 is 0 Å². The molecule has 1 amide bonds. The van der Waals surface area contributed by atoms with Crippen molar-refractivity contribution in [3.05, 3.63) is 57.2 Å². The van der Waals surface area contributed by atoms with Crippen molar-refractivity contribution in [2.45, 2.75) is 31.9 Å². The highest BCUT2D eigenvalue weighted by Crippen LogP contribution is 2.17. The zero-order chi connectivity index (χ0) is 18.2. The van der Waals surface area contributed by atoms with Crippen LogP contribution in [0.3, 0.4) is 0 Å². The highest BCUT2D eigenvalue weighted by atomic mass is 35.5. The van der Waals surface area contributed by atoms with Gasteiger partial charge in [0, 0.05) is 36.1 Å². The maximum Gasteiger partial charge on any atom is 0.234 e. The summed E-state index contributed by atoms with van der Waals surface area (Å²) in [5.41, 5.74) is 1.13. The van der Waals surface area contributed by atoms with Crippen molar-refractivity contribution < 1.29 is 9.53 Å². The highest BCUT2D eigenvalue weighted by molar-refractivity contribution is 7.09. The number of carbonyl (C=O) groups is 1. The van der Waals surface area contributed by atoms with E-state index >= 15 is 0 Å². The number of hydrogen-bond acceptors (Lipinski definition) is 4. The van der Waals surface area contributed by atoms with Crippen LogP contribution in [0.15, 0.2) is 41.8 Å². The number of benzene rings is 1. The van der Waals surface area contributed by atoms with Gasteiger partial charge in [0.2, 0.25) is 5.91 Å². The third-order valence-electron chi connectivity index (χ3n) is 4.44. The molecule has 1 saturated heterocycles. The van der Waals surface area contributed by atoms with Crippen molar-refractivity contribution in [1.29, 1.82) is 0 Å². The summed E-state index contributed by atoms with van der Waals surface area (Å²) in [4.78, 5) is 15.9. The van der Waals surface area contributed by atoms with Gasteiger partial charge in [0.05, 0.1) is 12.6 Å². The van der Waals surface area contributed by atoms with Gasteiger partial charge in [0.25, 0.3) is 0 Å². The predicted molar refractivity (Wildman–Crippen MR) is 107 cm³/mol. The first-order chi connectivity index (χ1) is 12.7. The van der Waals surface area contributed by atoms with E-state index in [0.717, 1.165) is 49.5 Å². The Labute approximate surface area is 164 Å². The molecule has 1 fully saturated rings. The molecule has 1 aromatic carbocycles. The van der Waals surface area contributed by atoms with Gasteiger partial charge < -0.3 is 10.1 Å². The quantitative estimate of drug-likeness (QED) is 0.706. The number of nitrogens with one attached hydrogen (secondary N) is 1. The molecule has 0 saturated carbocycles. The number of carbonyl (C=O) groups excluding carboxylic acids is 1. The van der Waals surface area contributed by atoms with Crippen LogP contribution in [-0.2, 0) is 22.5 Å². The highest BCUT2D eigenvalue weighted by Gasteiger charge is 2.21. The average molecular weight is 393 g/mol. The lowest BCUT2D eigenvalue weighted by molar-refractivity contribution is -0.122. The van der Waals surface area contributed by atoms with Gasteiger partial charge in [-0.1, -0.05) is 29.8 Å². The van der Waals surface area contributed by atoms with Crippen molar-refractivity contribution in [3.8, 4) is 0 Å². The summed E-state index contributed by atoms with van der Waals surface area (Å²) >= 11 is 7.72. The summed E-state index contributed by atoms with van der Waals surface area (Å²) in [7, 11) is 0. The van der Waals surface area contributed by atoms with Gasteiger partial charge in [-0.3, -0.25) is 9.69 Å². The zero-order valence-corrected chi connectivity index (χ0v) is 16.4. The normalized spacial score (nSPS) is 16.9. The molecule has 1 aliphatic rings. The molecule has 2 aromatic rings. The Balaban J connectivity index is 1.47. The second-order valence-corrected chi connectivity index (χ2v) is 8.08. The van der Waals surface area contributed by atoms with Crippen LogP contribution in [0, 0.1) is 0 Å². The third kappa shape index (κ3) is 6.40. The second-order valence-electron chi connectivity index (χ2n) is 6.61. The van der Waals surface area contributed by atoms with E-state index in [0.29, 0.717) is 13.1 Å². The molecule has 4 nitrogen and oxygen atoms in total. The topological polar surface area (TPSA) is 41.6 Å². The van der Waals surface area contributed by atoms with Crippen LogP contribution in [0.5, 0.6) is 0 Å². The van der Waals surface area contributed by atoms with Crippen LogP contribution in [0.1, 0.15) is 23.3 Å². The predicted octanol–water partition coefficient (Wildman–Crippen LogP) is 3.74. The Kier molecular flexibility index (Phi) is 7.50. The molecule has 2 heterocycles. The Morgan fingerprint density at radius 2 is 2.27 bits per heavy atom. The molecule has 140 valence electrons. The molecule has 0 aliphatic carbocycles. The van der Waals surface area contributed by atoms with Gasteiger partial charge in [0.15, 0.2) is 0 Å². The molecular weight excluding hydrogens is 368 g/mol. The number of ether oxygens (including phenoxy) is 1. The first-order valence-electron chi connectivity index (χ1n) is 9.06. The van der Waals surface area contributed by atoms with E-state index in [2.05, 4.69) is 27.7 Å². The third-order valence-corrected chi connectivity index (χ3v) is 5.53. The van der Waals surface area contributed by atoms with E-state index in [9.17, 15) is 4.79 Å². The molecule has 0 radical (unpaired) electrons. The monoisotopic (exact) mass is 392 g/mol. The molecule has 1 aromatic heterocycles. The fourth-order valence-electron chi connectivity index (χ4n) is 3.18. The Hall–Kier alpha value is -1.40. The Bertz CT molecular complexity index is 687. The fraction of sp³-hybridized carbons (Fsp3) is 0.450. The SMILES string of the molecule is O=C(CN(Cc1cccs1)C[C@H]1CCCO1)NCCc1cccc(Cl)c1. The Morgan fingerprint density at radius 1 is 1.35 bits per heavy atom. The number of rotatable bonds is 9. The number of nitrogens with zero attached hydrogens (tertiary/aromatic N) is 1. The fourth-order valence-corrected chi connectivity index (χ4v) is 4.14. The van der Waals surface area contributed by atoms with Crippen LogP contribution in [0.2, 0.25) is 5.02 Å². The minimum atomic E-state index is 0.0570. The molecule has 0 spiro atoms. The van der Waals surface area contributed by atoms with Crippen LogP contribution < -0.4 is 5.32 Å². The lowest BCUT2D eigenvalue weighted by atomic mass is 10.1. The average Bonchev–Trinajstić information content (AvgIpc) is 3.29. The second kappa shape index (κ2) is 10.1. The maximum atomic E-state index is 12.4. The smallest absolute Gasteiger partial charge is 0.234 e. The van der Waals surface area contributed by atoms with Crippen molar-refractivity contribution in [2.75, 3.05) is 26.2 Å². The number of halogens is 1. The summed E-state index contributed by atoms with van der Waals surface area (Å²) in [6.07, 6.45) is 3.22. The van der Waals surface area contributed by atoms with Crippen LogP contribution in [-0.4, -0.2) is 43.2 Å². The lowest BCUT2D eigenvalue weighted by Crippen LogP contribution is -2.40. The molecule has 26 heavy (non-hydrogen) atoms. The summed E-state index contributed by atoms with van der Waals surface area (Å²) < 4.78 is 5.75. The van der Waals surface area contributed by atoms with E-state index in [1.165, 1.54) is 4.88 Å². The Morgan fingerprint density at radius 3 is 3.00 bits per heavy atom. The molecule has 1 aliphatic heterocycles. The van der Waals surface area contributed by atoms with Gasteiger partial charge in [0.1, 0.15) is 0 Å². The van der Waals surface area contributed by atoms with Crippen LogP contribution in [0.4, 0.5) is 0 Å². The summed E-state index contributed by atoms with van der Waals surface area (Å²) in [5.74, 6) is 0.0570. The first-order valence-corrected chi connectivity index (χ1v) is 10.3. The van der Waals surface area contributed by atoms with Crippen molar-refractivity contribution in [1.82, 2.24) is 10.2 Å². The molecule has 6 heteroatoms. The minimum Gasteiger partial charge on any atom is -0.377 e. The molecule has 3 rings (SSSR count). The molecule has 1 N–H and O–H groups in total. The first kappa shape index (κ1) is 19.4. The van der Waals surface area contributed by atoms with E-state index in [1.54, 1.807) is 11.3 Å². The number of hydrogen-bond donors (Lipinski definition) is 1. The van der Waals surface area contributed by atoms with Gasteiger partial charge >= 0.3 is 0 Å². The van der Waals surface area contributed by atoms with E-state index in [-0.39, 0.29) is 12.0 Å². The number of amides is 1. The zero-order valence-electron chi connectivity index (χ0n) is 14.8. The van der Waals surface area contributed by atoms with Crippen molar-refractivity contribution in [2.24, 2.45) is 0 Å². The molecule has 1 atom stereocenters. The van der Waals surface area contributed by atoms with Gasteiger partial charge in [-0.25, -0.2) is 0 Å². The van der Waals surface area contributed by atoms with Crippen molar-refractivity contribution in [3.63, 3.8) is 0 Å². The number of thiophene rings is 1. The van der Waals surface area contributed by atoms with Gasteiger partial charge in [-0.05, 0) is 48.4 Å². The van der Waals surface area contributed by atoms with Crippen LogP contribution >= 0.6 is 22.9 Å². The van der Waals surface area contributed by atoms with E-state index in [1.807, 2.05) is 24.3 Å². The largest absolute Gasteiger partial charge is 0.377 e. The van der Waals surface area contributed by atoms with Gasteiger partial charge in [-0.2, -0.15) is 0 Å². The summed E-state index contributed by atoms with van der Waals surface area (Å²) in [5, 5.41) is 5.83. The summed E-state index contributed by atoms with van der Waals surface area (Å²) in [6, 6.07) is 11.9. The lowest BCUT2D eigenvalue weighted by Gasteiger charge is -2.24. The van der Waals surface area contributed by atoms with E-state index in [4.69, 9.17) is 16.3 Å². The summed E-state index contributed by atoms with van der Waals surface area (Å²) in [6.45, 7) is 3.45. The van der Waals surface area contributed by atoms with Crippen LogP contribution in [0.25, 0.3) is 0 Å². The molecule has 0 unspecified atom stereocenters. The maximum absolute atomic E-state index is 12.4. The van der Waals surface area contributed by atoms with Crippen molar-refractivity contribution >= 4 is 28.8 Å². The standard InChI is InChI=1S/C20H25ClN2O2S/c21-17-5-1-4-16(12-17)8-9-22-20(24)15-23(13-18-6-2-10-25-18)14-19-7-3-11-26-19/h1,3-5,7,11-12,18H,2,6,8-10,13-15H2,(H,22,24)/t18-/m1/s1. The minimum absolute atomic E-state index is 0.0570. The van der Waals surface area contributed by atoms with Gasteiger partial charge in [-0.15, -0.1) is 11.3 Å². The molecular formula is C20H25ClN2O2S.